The normalized spacial score (nSPS) is 17.5. The van der Waals surface area contributed by atoms with Crippen LogP contribution in [0.1, 0.15) is 27.7 Å². The fourth-order valence-corrected chi connectivity index (χ4v) is 0.802. The van der Waals surface area contributed by atoms with Gasteiger partial charge in [0.25, 0.3) is 0 Å². The maximum Gasteiger partial charge on any atom is 0.143 e. The lowest BCUT2D eigenvalue weighted by atomic mass is 10.1. The van der Waals surface area contributed by atoms with Crippen molar-refractivity contribution < 1.29 is 5.21 Å². The minimum absolute atomic E-state index is 0.0752. The van der Waals surface area contributed by atoms with Crippen molar-refractivity contribution in [3.8, 4) is 0 Å². The minimum Gasteiger partial charge on any atom is -0.409 e. The van der Waals surface area contributed by atoms with Crippen LogP contribution in [0.25, 0.3) is 0 Å². The van der Waals surface area contributed by atoms with E-state index in [2.05, 4.69) is 31.2 Å². The predicted octanol–water partition coefficient (Wildman–Crippen LogP) is 1.00. The van der Waals surface area contributed by atoms with E-state index in [1.54, 1.807) is 0 Å². The Balaban J connectivity index is 3.76. The topological polar surface area (TPSA) is 70.6 Å². The lowest BCUT2D eigenvalue weighted by molar-refractivity contribution is 0.313. The molecule has 0 aliphatic rings. The summed E-state index contributed by atoms with van der Waals surface area (Å²) in [6.07, 6.45) is 0. The van der Waals surface area contributed by atoms with E-state index in [0.717, 1.165) is 6.54 Å². The second kappa shape index (κ2) is 5.80. The van der Waals surface area contributed by atoms with Crippen molar-refractivity contribution in [2.45, 2.75) is 33.7 Å². The molecule has 0 fully saturated rings. The predicted molar refractivity (Wildman–Crippen MR) is 54.9 cm³/mol. The monoisotopic (exact) mass is 187 g/mol. The summed E-state index contributed by atoms with van der Waals surface area (Å²) < 4.78 is 0. The minimum atomic E-state index is 0.0752. The number of hydrogen-bond acceptors (Lipinski definition) is 3. The third-order valence-corrected chi connectivity index (χ3v) is 2.37. The summed E-state index contributed by atoms with van der Waals surface area (Å²) in [5.74, 6) is 0.953. The average molecular weight is 187 g/mol. The number of rotatable bonds is 5. The Bertz CT molecular complexity index is 168. The fraction of sp³-hybridized carbons (Fsp3) is 0.889. The van der Waals surface area contributed by atoms with Crippen LogP contribution in [-0.2, 0) is 0 Å². The number of hydrogen-bond donors (Lipinski definition) is 3. The molecule has 4 heteroatoms. The van der Waals surface area contributed by atoms with Crippen LogP contribution < -0.4 is 11.1 Å². The van der Waals surface area contributed by atoms with Crippen LogP contribution >= 0.6 is 0 Å². The second-order valence-corrected chi connectivity index (χ2v) is 3.87. The highest BCUT2D eigenvalue weighted by Gasteiger charge is 2.11. The van der Waals surface area contributed by atoms with Crippen molar-refractivity contribution in [3.63, 3.8) is 0 Å². The van der Waals surface area contributed by atoms with Crippen molar-refractivity contribution in [2.24, 2.45) is 22.7 Å². The number of amidine groups is 1. The highest BCUT2D eigenvalue weighted by Crippen LogP contribution is 2.01. The maximum atomic E-state index is 8.41. The molecule has 4 N–H and O–H groups in total. The SMILES string of the molecule is CC(CNC(C)C(C)C)C(N)=NO. The molecule has 0 rings (SSSR count). The van der Waals surface area contributed by atoms with E-state index in [1.807, 2.05) is 6.92 Å². The second-order valence-electron chi connectivity index (χ2n) is 3.87. The van der Waals surface area contributed by atoms with E-state index in [1.165, 1.54) is 0 Å². The summed E-state index contributed by atoms with van der Waals surface area (Å²) in [5, 5.41) is 14.7. The Kier molecular flexibility index (Phi) is 5.46. The first-order chi connectivity index (χ1) is 5.99. The van der Waals surface area contributed by atoms with Gasteiger partial charge in [-0.05, 0) is 12.8 Å². The van der Waals surface area contributed by atoms with Crippen molar-refractivity contribution in [1.29, 1.82) is 0 Å². The van der Waals surface area contributed by atoms with E-state index in [4.69, 9.17) is 10.9 Å². The summed E-state index contributed by atoms with van der Waals surface area (Å²) in [6.45, 7) is 9.12. The number of oxime groups is 1. The molecule has 0 saturated carbocycles. The highest BCUT2D eigenvalue weighted by atomic mass is 16.4. The zero-order valence-electron chi connectivity index (χ0n) is 8.91. The molecule has 2 atom stereocenters. The molecule has 0 aromatic rings. The van der Waals surface area contributed by atoms with Crippen LogP contribution in [0.5, 0.6) is 0 Å². The van der Waals surface area contributed by atoms with Gasteiger partial charge in [0.05, 0.1) is 0 Å². The summed E-state index contributed by atoms with van der Waals surface area (Å²) in [7, 11) is 0. The quantitative estimate of drug-likeness (QED) is 0.260. The molecule has 78 valence electrons. The van der Waals surface area contributed by atoms with Gasteiger partial charge in [0, 0.05) is 18.5 Å². The van der Waals surface area contributed by atoms with E-state index in [-0.39, 0.29) is 11.8 Å². The largest absolute Gasteiger partial charge is 0.409 e. The van der Waals surface area contributed by atoms with Gasteiger partial charge < -0.3 is 16.3 Å². The molecule has 0 spiro atoms. The molecule has 0 aromatic carbocycles. The van der Waals surface area contributed by atoms with Gasteiger partial charge in [-0.15, -0.1) is 0 Å². The van der Waals surface area contributed by atoms with Gasteiger partial charge >= 0.3 is 0 Å². The van der Waals surface area contributed by atoms with Crippen LogP contribution in [-0.4, -0.2) is 23.6 Å². The number of nitrogens with zero attached hydrogens (tertiary/aromatic N) is 1. The van der Waals surface area contributed by atoms with E-state index < -0.39 is 0 Å². The van der Waals surface area contributed by atoms with Crippen LogP contribution in [0.3, 0.4) is 0 Å². The van der Waals surface area contributed by atoms with Crippen molar-refractivity contribution >= 4 is 5.84 Å². The van der Waals surface area contributed by atoms with Gasteiger partial charge in [0.1, 0.15) is 5.84 Å². The Morgan fingerprint density at radius 1 is 1.38 bits per heavy atom. The first kappa shape index (κ1) is 12.2. The third kappa shape index (κ3) is 4.72. The lowest BCUT2D eigenvalue weighted by Gasteiger charge is -2.19. The molecule has 0 aliphatic heterocycles. The van der Waals surface area contributed by atoms with Gasteiger partial charge in [-0.25, -0.2) is 0 Å². The molecule has 2 unspecified atom stereocenters. The van der Waals surface area contributed by atoms with Crippen LogP contribution in [0.4, 0.5) is 0 Å². The zero-order chi connectivity index (χ0) is 10.4. The number of nitrogens with two attached hydrogens (primary N) is 1. The molecule has 4 nitrogen and oxygen atoms in total. The zero-order valence-corrected chi connectivity index (χ0v) is 8.91. The van der Waals surface area contributed by atoms with Gasteiger partial charge in [0.15, 0.2) is 0 Å². The molecular weight excluding hydrogens is 166 g/mol. The summed E-state index contributed by atoms with van der Waals surface area (Å²) in [6, 6.07) is 0.453. The Labute approximate surface area is 80.2 Å². The van der Waals surface area contributed by atoms with Gasteiger partial charge in [-0.3, -0.25) is 0 Å². The molecule has 0 saturated heterocycles. The van der Waals surface area contributed by atoms with Crippen LogP contribution in [0, 0.1) is 11.8 Å². The Morgan fingerprint density at radius 2 is 1.92 bits per heavy atom. The Morgan fingerprint density at radius 3 is 2.31 bits per heavy atom. The first-order valence-corrected chi connectivity index (χ1v) is 4.69. The molecule has 0 radical (unpaired) electrons. The van der Waals surface area contributed by atoms with Crippen molar-refractivity contribution in [2.75, 3.05) is 6.54 Å². The van der Waals surface area contributed by atoms with Crippen LogP contribution in [0.15, 0.2) is 5.16 Å². The molecule has 0 amide bonds. The summed E-state index contributed by atoms with van der Waals surface area (Å²) in [4.78, 5) is 0. The molecule has 0 heterocycles. The van der Waals surface area contributed by atoms with Crippen molar-refractivity contribution in [3.05, 3.63) is 0 Å². The van der Waals surface area contributed by atoms with Crippen molar-refractivity contribution in [1.82, 2.24) is 5.32 Å². The van der Waals surface area contributed by atoms with E-state index in [0.29, 0.717) is 12.0 Å². The maximum absolute atomic E-state index is 8.41. The van der Waals surface area contributed by atoms with E-state index >= 15 is 0 Å². The Hall–Kier alpha value is -0.770. The third-order valence-electron chi connectivity index (χ3n) is 2.37. The highest BCUT2D eigenvalue weighted by molar-refractivity contribution is 5.82. The fourth-order valence-electron chi connectivity index (χ4n) is 0.802. The summed E-state index contributed by atoms with van der Waals surface area (Å²) in [5.41, 5.74) is 5.44. The van der Waals surface area contributed by atoms with Gasteiger partial charge in [-0.2, -0.15) is 0 Å². The summed E-state index contributed by atoms with van der Waals surface area (Å²) >= 11 is 0. The smallest absolute Gasteiger partial charge is 0.143 e. The van der Waals surface area contributed by atoms with Gasteiger partial charge in [-0.1, -0.05) is 25.9 Å². The first-order valence-electron chi connectivity index (χ1n) is 4.69. The standard InChI is InChI=1S/C9H21N3O/c1-6(2)8(4)11-5-7(3)9(10)12-13/h6-8,11,13H,5H2,1-4H3,(H2,10,12). The average Bonchev–Trinajstić information content (AvgIpc) is 2.11. The lowest BCUT2D eigenvalue weighted by Crippen LogP contribution is -2.38. The van der Waals surface area contributed by atoms with Gasteiger partial charge in [0.2, 0.25) is 0 Å². The number of nitrogens with one attached hydrogen (secondary N) is 1. The molecule has 13 heavy (non-hydrogen) atoms. The molecule has 0 aliphatic carbocycles. The van der Waals surface area contributed by atoms with E-state index in [9.17, 15) is 0 Å². The van der Waals surface area contributed by atoms with Crippen LogP contribution in [0.2, 0.25) is 0 Å². The molecular formula is C9H21N3O. The molecule has 0 bridgehead atoms. The molecule has 0 aromatic heterocycles.